The van der Waals surface area contributed by atoms with Gasteiger partial charge in [-0.2, -0.15) is 0 Å². The fraction of sp³-hybridized carbons (Fsp3) is 0.688. The fourth-order valence-corrected chi connectivity index (χ4v) is 2.72. The molecule has 1 aromatic rings. The molecule has 0 aliphatic carbocycles. The highest BCUT2D eigenvalue weighted by molar-refractivity contribution is 5.79. The smallest absolute Gasteiger partial charge is 0.223 e. The van der Waals surface area contributed by atoms with Crippen LogP contribution in [-0.2, 0) is 22.6 Å². The second-order valence-corrected chi connectivity index (χ2v) is 6.38. The molecule has 0 bridgehead atoms. The van der Waals surface area contributed by atoms with Crippen molar-refractivity contribution in [1.82, 2.24) is 15.4 Å². The van der Waals surface area contributed by atoms with Gasteiger partial charge in [-0.25, -0.2) is 0 Å². The highest BCUT2D eigenvalue weighted by Crippen LogP contribution is 2.17. The number of rotatable bonds is 5. The highest BCUT2D eigenvalue weighted by Gasteiger charge is 2.25. The zero-order valence-corrected chi connectivity index (χ0v) is 13.6. The van der Waals surface area contributed by atoms with Crippen molar-refractivity contribution in [3.8, 4) is 0 Å². The van der Waals surface area contributed by atoms with Crippen LogP contribution in [0.3, 0.4) is 0 Å². The second-order valence-electron chi connectivity index (χ2n) is 6.38. The number of amides is 2. The first kappa shape index (κ1) is 16.5. The van der Waals surface area contributed by atoms with Crippen LogP contribution >= 0.6 is 0 Å². The SMILES string of the molecule is CC(=O)N1CCC(C(=O)NCc2cc(CC(C)C)on2)CC1. The first-order valence-electron chi connectivity index (χ1n) is 7.93. The molecule has 22 heavy (non-hydrogen) atoms. The molecule has 0 atom stereocenters. The van der Waals surface area contributed by atoms with Crippen LogP contribution in [0, 0.1) is 11.8 Å². The number of carbonyl (C=O) groups excluding carboxylic acids is 2. The normalized spacial score (nSPS) is 16.1. The third-order valence-electron chi connectivity index (χ3n) is 3.97. The van der Waals surface area contributed by atoms with E-state index in [1.54, 1.807) is 11.8 Å². The quantitative estimate of drug-likeness (QED) is 0.899. The molecule has 1 aromatic heterocycles. The van der Waals surface area contributed by atoms with Crippen LogP contribution in [-0.4, -0.2) is 35.0 Å². The number of likely N-dealkylation sites (tertiary alicyclic amines) is 1. The van der Waals surface area contributed by atoms with Crippen molar-refractivity contribution in [1.29, 1.82) is 0 Å². The Bertz CT molecular complexity index is 516. The van der Waals surface area contributed by atoms with Crippen molar-refractivity contribution in [3.05, 3.63) is 17.5 Å². The lowest BCUT2D eigenvalue weighted by atomic mass is 9.96. The maximum absolute atomic E-state index is 12.2. The second kappa shape index (κ2) is 7.42. The number of nitrogens with zero attached hydrogens (tertiary/aromatic N) is 2. The Kier molecular flexibility index (Phi) is 5.57. The number of hydrogen-bond donors (Lipinski definition) is 1. The number of piperidine rings is 1. The Hall–Kier alpha value is -1.85. The van der Waals surface area contributed by atoms with Gasteiger partial charge in [0.05, 0.1) is 6.54 Å². The number of aromatic nitrogens is 1. The van der Waals surface area contributed by atoms with Gasteiger partial charge in [0, 0.05) is 38.4 Å². The highest BCUT2D eigenvalue weighted by atomic mass is 16.5. The van der Waals surface area contributed by atoms with Gasteiger partial charge in [-0.1, -0.05) is 19.0 Å². The summed E-state index contributed by atoms with van der Waals surface area (Å²) in [6.45, 7) is 7.54. The minimum atomic E-state index is -0.0161. The van der Waals surface area contributed by atoms with Gasteiger partial charge in [-0.3, -0.25) is 9.59 Å². The van der Waals surface area contributed by atoms with Crippen molar-refractivity contribution < 1.29 is 14.1 Å². The van der Waals surface area contributed by atoms with E-state index in [4.69, 9.17) is 4.52 Å². The van der Waals surface area contributed by atoms with E-state index in [2.05, 4.69) is 24.3 Å². The van der Waals surface area contributed by atoms with E-state index in [-0.39, 0.29) is 17.7 Å². The minimum Gasteiger partial charge on any atom is -0.361 e. The van der Waals surface area contributed by atoms with Crippen molar-refractivity contribution in [3.63, 3.8) is 0 Å². The molecular formula is C16H25N3O3. The van der Waals surface area contributed by atoms with Crippen molar-refractivity contribution in [2.75, 3.05) is 13.1 Å². The van der Waals surface area contributed by atoms with E-state index in [1.807, 2.05) is 6.07 Å². The predicted molar refractivity (Wildman–Crippen MR) is 81.9 cm³/mol. The van der Waals surface area contributed by atoms with Gasteiger partial charge in [0.15, 0.2) is 0 Å². The summed E-state index contributed by atoms with van der Waals surface area (Å²) in [5.74, 6) is 1.48. The molecule has 0 saturated carbocycles. The number of hydrogen-bond acceptors (Lipinski definition) is 4. The van der Waals surface area contributed by atoms with Gasteiger partial charge in [-0.15, -0.1) is 0 Å². The summed E-state index contributed by atoms with van der Waals surface area (Å²) in [6.07, 6.45) is 2.30. The molecule has 122 valence electrons. The summed E-state index contributed by atoms with van der Waals surface area (Å²) >= 11 is 0. The van der Waals surface area contributed by atoms with E-state index in [0.717, 1.165) is 30.7 Å². The van der Waals surface area contributed by atoms with Crippen LogP contribution in [0.5, 0.6) is 0 Å². The molecule has 0 radical (unpaired) electrons. The summed E-state index contributed by atoms with van der Waals surface area (Å²) < 4.78 is 5.25. The monoisotopic (exact) mass is 307 g/mol. The Labute approximate surface area is 131 Å². The number of carbonyl (C=O) groups is 2. The summed E-state index contributed by atoms with van der Waals surface area (Å²) in [4.78, 5) is 25.2. The zero-order valence-electron chi connectivity index (χ0n) is 13.6. The molecule has 1 fully saturated rings. The van der Waals surface area contributed by atoms with Gasteiger partial charge >= 0.3 is 0 Å². The molecule has 0 unspecified atom stereocenters. The van der Waals surface area contributed by atoms with Crippen molar-refractivity contribution >= 4 is 11.8 Å². The average molecular weight is 307 g/mol. The standard InChI is InChI=1S/C16H25N3O3/c1-11(2)8-15-9-14(18-22-15)10-17-16(21)13-4-6-19(7-5-13)12(3)20/h9,11,13H,4-8,10H2,1-3H3,(H,17,21). The van der Waals surface area contributed by atoms with Crippen LogP contribution in [0.1, 0.15) is 45.1 Å². The zero-order chi connectivity index (χ0) is 16.1. The first-order valence-corrected chi connectivity index (χ1v) is 7.93. The molecule has 1 aliphatic heterocycles. The third kappa shape index (κ3) is 4.58. The molecule has 2 amide bonds. The topological polar surface area (TPSA) is 75.4 Å². The summed E-state index contributed by atoms with van der Waals surface area (Å²) in [5.41, 5.74) is 0.755. The van der Waals surface area contributed by atoms with E-state index < -0.39 is 0 Å². The Morgan fingerprint density at radius 1 is 1.41 bits per heavy atom. The van der Waals surface area contributed by atoms with Crippen molar-refractivity contribution in [2.24, 2.45) is 11.8 Å². The molecule has 1 saturated heterocycles. The van der Waals surface area contributed by atoms with Gasteiger partial charge in [-0.05, 0) is 18.8 Å². The minimum absolute atomic E-state index is 0.0161. The lowest BCUT2D eigenvalue weighted by Crippen LogP contribution is -2.42. The molecule has 2 heterocycles. The van der Waals surface area contributed by atoms with Crippen molar-refractivity contribution in [2.45, 2.75) is 46.6 Å². The van der Waals surface area contributed by atoms with E-state index in [0.29, 0.717) is 25.6 Å². The first-order chi connectivity index (χ1) is 10.5. The largest absolute Gasteiger partial charge is 0.361 e. The van der Waals surface area contributed by atoms with E-state index in [1.165, 1.54) is 0 Å². The molecule has 0 spiro atoms. The van der Waals surface area contributed by atoms with Crippen LogP contribution in [0.25, 0.3) is 0 Å². The van der Waals surface area contributed by atoms with E-state index >= 15 is 0 Å². The Morgan fingerprint density at radius 3 is 2.68 bits per heavy atom. The molecule has 1 N–H and O–H groups in total. The molecular weight excluding hydrogens is 282 g/mol. The molecule has 0 aromatic carbocycles. The lowest BCUT2D eigenvalue weighted by Gasteiger charge is -2.30. The molecule has 1 aliphatic rings. The Morgan fingerprint density at radius 2 is 2.09 bits per heavy atom. The van der Waals surface area contributed by atoms with Gasteiger partial charge < -0.3 is 14.7 Å². The van der Waals surface area contributed by atoms with Gasteiger partial charge in [0.25, 0.3) is 0 Å². The Balaban J connectivity index is 1.76. The third-order valence-corrected chi connectivity index (χ3v) is 3.97. The molecule has 6 heteroatoms. The van der Waals surface area contributed by atoms with Crippen LogP contribution in [0.15, 0.2) is 10.6 Å². The maximum Gasteiger partial charge on any atom is 0.223 e. The molecule has 6 nitrogen and oxygen atoms in total. The fourth-order valence-electron chi connectivity index (χ4n) is 2.72. The van der Waals surface area contributed by atoms with Gasteiger partial charge in [0.1, 0.15) is 11.5 Å². The summed E-state index contributed by atoms with van der Waals surface area (Å²) in [6, 6.07) is 1.90. The van der Waals surface area contributed by atoms with Crippen LogP contribution < -0.4 is 5.32 Å². The van der Waals surface area contributed by atoms with Crippen LogP contribution in [0.2, 0.25) is 0 Å². The van der Waals surface area contributed by atoms with E-state index in [9.17, 15) is 9.59 Å². The number of nitrogens with one attached hydrogen (secondary N) is 1. The molecule has 2 rings (SSSR count). The maximum atomic E-state index is 12.2. The average Bonchev–Trinajstić information content (AvgIpc) is 2.91. The lowest BCUT2D eigenvalue weighted by molar-refractivity contribution is -0.134. The summed E-state index contributed by atoms with van der Waals surface area (Å²) in [5, 5.41) is 6.89. The predicted octanol–water partition coefficient (Wildman–Crippen LogP) is 1.75. The summed E-state index contributed by atoms with van der Waals surface area (Å²) in [7, 11) is 0. The van der Waals surface area contributed by atoms with Crippen LogP contribution in [0.4, 0.5) is 0 Å². The van der Waals surface area contributed by atoms with Gasteiger partial charge in [0.2, 0.25) is 11.8 Å².